The lowest BCUT2D eigenvalue weighted by Crippen LogP contribution is -2.39. The van der Waals surface area contributed by atoms with Crippen LogP contribution in [0.15, 0.2) is 0 Å². The van der Waals surface area contributed by atoms with Crippen LogP contribution in [0.5, 0.6) is 0 Å². The van der Waals surface area contributed by atoms with Crippen molar-refractivity contribution in [3.05, 3.63) is 0 Å². The van der Waals surface area contributed by atoms with Crippen molar-refractivity contribution in [2.24, 2.45) is 5.73 Å². The van der Waals surface area contributed by atoms with E-state index in [1.54, 1.807) is 0 Å². The monoisotopic (exact) mass is 126 g/mol. The summed E-state index contributed by atoms with van der Waals surface area (Å²) >= 11 is 0. The van der Waals surface area contributed by atoms with Gasteiger partial charge < -0.3 is 15.9 Å². The molecule has 8 heavy (non-hydrogen) atoms. The van der Waals surface area contributed by atoms with Crippen molar-refractivity contribution < 1.29 is 19.1 Å². The van der Waals surface area contributed by atoms with Gasteiger partial charge in [0.05, 0.1) is 7.45 Å². The number of hydrogen-bond acceptors (Lipinski definition) is 3. The quantitative estimate of drug-likeness (QED) is 0.320. The Kier molecular flexibility index (Phi) is 1.13. The van der Waals surface area contributed by atoms with Gasteiger partial charge in [-0.1, -0.05) is 0 Å². The third kappa shape index (κ3) is 1.90. The molecule has 0 heterocycles. The Hall–Kier alpha value is -0.610. The van der Waals surface area contributed by atoms with Crippen LogP contribution in [-0.2, 0) is 4.79 Å². The van der Waals surface area contributed by atoms with E-state index in [1.807, 2.05) is 0 Å². The average molecular weight is 126 g/mol. The van der Waals surface area contributed by atoms with E-state index in [2.05, 4.69) is 0 Å². The van der Waals surface area contributed by atoms with E-state index in [1.165, 1.54) is 0 Å². The van der Waals surface area contributed by atoms with Crippen LogP contribution in [0.2, 0.25) is 0 Å². The Morgan fingerprint density at radius 1 is 2.12 bits per heavy atom. The molecule has 0 bridgehead atoms. The molecule has 0 amide bonds. The molecule has 0 aliphatic rings. The van der Waals surface area contributed by atoms with Gasteiger partial charge in [0.1, 0.15) is 6.04 Å². The average Bonchev–Trinajstić information content (AvgIpc) is 1.85. The summed E-state index contributed by atoms with van der Waals surface area (Å²) in [4.78, 5) is 10.1. The lowest BCUT2D eigenvalue weighted by atomic mass is 10.7. The van der Waals surface area contributed by atoms with E-state index in [0.717, 1.165) is 0 Å². The molecule has 4 nitrogen and oxygen atoms in total. The van der Waals surface area contributed by atoms with Gasteiger partial charge in [0.2, 0.25) is 0 Å². The molecule has 0 aliphatic carbocycles. The fourth-order valence-electron chi connectivity index (χ4n) is 0.127. The van der Waals surface area contributed by atoms with Crippen LogP contribution in [0.4, 0.5) is 0 Å². The van der Waals surface area contributed by atoms with Crippen LogP contribution in [0.1, 0.15) is 11.0 Å². The summed E-state index contributed by atoms with van der Waals surface area (Å²) in [6.45, 7) is -2.01. The standard InChI is InChI=1S/C4H9NO3/c1-2(6)3(5)4(7)8/h2-3,6H,5H2,1H3,(H,7,8)/t2-,3+/m1/s1/i1+1D2,2+0D,3+1,4+1,5+1. The summed E-state index contributed by atoms with van der Waals surface area (Å²) in [6.07, 6.45) is -2.76. The maximum atomic E-state index is 10.1. The number of aliphatic hydroxyl groups is 1. The van der Waals surface area contributed by atoms with E-state index in [9.17, 15) is 4.79 Å². The maximum Gasteiger partial charge on any atom is 0.323 e. The summed E-state index contributed by atoms with van der Waals surface area (Å²) in [5.41, 5.74) is 4.82. The SMILES string of the molecule is [2H][13CH]([2H])[12C@@]([2H])(O)[13C@H]([15NH2])[13C](=O)O. The van der Waals surface area contributed by atoms with Gasteiger partial charge in [-0.05, 0) is 6.88 Å². The number of carboxylic acid groups (broad SMARTS) is 1. The molecule has 4 N–H and O–H groups in total. The van der Waals surface area contributed by atoms with Gasteiger partial charge in [-0.15, -0.1) is 0 Å². The highest BCUT2D eigenvalue weighted by molar-refractivity contribution is 5.73. The zero-order valence-corrected chi connectivity index (χ0v) is 4.03. The maximum absolute atomic E-state index is 10.1. The summed E-state index contributed by atoms with van der Waals surface area (Å²) in [5.74, 6) is -1.60. The van der Waals surface area contributed by atoms with E-state index in [-0.39, 0.29) is 0 Å². The molecule has 0 rings (SSSR count). The topological polar surface area (TPSA) is 83.5 Å². The van der Waals surface area contributed by atoms with Crippen molar-refractivity contribution in [1.29, 1.82) is 0 Å². The van der Waals surface area contributed by atoms with E-state index in [4.69, 9.17) is 20.1 Å². The minimum Gasteiger partial charge on any atom is -0.480 e. The van der Waals surface area contributed by atoms with Gasteiger partial charge >= 0.3 is 5.97 Å². The lowest BCUT2D eigenvalue weighted by molar-refractivity contribution is -0.140. The first kappa shape index (κ1) is 3.42. The highest BCUT2D eigenvalue weighted by Crippen LogP contribution is 1.85. The minimum atomic E-state index is -2.76. The van der Waals surface area contributed by atoms with E-state index < -0.39 is 25.0 Å². The molecule has 48 valence electrons. The molecular weight excluding hydrogens is 114 g/mol. The second kappa shape index (κ2) is 2.64. The summed E-state index contributed by atoms with van der Waals surface area (Å²) in [7, 11) is 0. The normalized spacial score (nSPS) is 27.1. The van der Waals surface area contributed by atoms with E-state index >= 15 is 0 Å². The van der Waals surface area contributed by atoms with Crippen molar-refractivity contribution in [3.8, 4) is 0 Å². The Labute approximate surface area is 51.1 Å². The smallest absolute Gasteiger partial charge is 0.323 e. The summed E-state index contributed by atoms with van der Waals surface area (Å²) in [6, 6.07) is -1.93. The van der Waals surface area contributed by atoms with Gasteiger partial charge in [0.25, 0.3) is 0 Å². The molecule has 0 aromatic carbocycles. The van der Waals surface area contributed by atoms with Gasteiger partial charge in [-0.3, -0.25) is 4.79 Å². The molecule has 2 atom stereocenters. The first-order valence-corrected chi connectivity index (χ1v) is 1.85. The van der Waals surface area contributed by atoms with Crippen LogP contribution in [0.25, 0.3) is 0 Å². The first-order valence-electron chi connectivity index (χ1n) is 3.51. The van der Waals surface area contributed by atoms with Gasteiger partial charge in [0.15, 0.2) is 0 Å². The molecule has 0 spiro atoms. The zero-order valence-electron chi connectivity index (χ0n) is 7.03. The van der Waals surface area contributed by atoms with Gasteiger partial charge in [-0.2, -0.15) is 0 Å². The van der Waals surface area contributed by atoms with Crippen molar-refractivity contribution >= 4 is 5.97 Å². The molecule has 4 heteroatoms. The van der Waals surface area contributed by atoms with Crippen LogP contribution in [0.3, 0.4) is 0 Å². The number of nitrogens with two attached hydrogens (primary N) is 1. The molecule has 0 saturated carbocycles. The molecule has 0 saturated heterocycles. The van der Waals surface area contributed by atoms with Gasteiger partial charge in [-0.25, -0.2) is 0 Å². The molecule has 0 aromatic heterocycles. The summed E-state index contributed by atoms with van der Waals surface area (Å²) < 4.78 is 20.0. The zero-order chi connectivity index (χ0) is 9.23. The number of carbonyl (C=O) groups is 1. The van der Waals surface area contributed by atoms with Crippen molar-refractivity contribution in [3.63, 3.8) is 0 Å². The fraction of sp³-hybridized carbons (Fsp3) is 0.750. The Morgan fingerprint density at radius 2 is 2.62 bits per heavy atom. The number of carboxylic acids is 1. The Bertz CT molecular complexity index is 161. The minimum absolute atomic E-state index is 1.60. The Morgan fingerprint density at radius 3 is 2.75 bits per heavy atom. The molecule has 0 unspecified atom stereocenters. The van der Waals surface area contributed by atoms with Crippen LogP contribution in [-0.4, -0.2) is 28.3 Å². The summed E-state index contributed by atoms with van der Waals surface area (Å²) in [5, 5.41) is 17.0. The van der Waals surface area contributed by atoms with Gasteiger partial charge in [0, 0.05) is 2.74 Å². The molecule has 0 aromatic rings. The predicted octanol–water partition coefficient (Wildman–Crippen LogP) is -1.22. The molecular formula is C4H9NO3. The Balaban J connectivity index is 4.41. The third-order valence-corrected chi connectivity index (χ3v) is 0.585. The second-order valence-corrected chi connectivity index (χ2v) is 1.24. The van der Waals surface area contributed by atoms with Crippen LogP contribution >= 0.6 is 0 Å². The largest absolute Gasteiger partial charge is 0.480 e. The highest BCUT2D eigenvalue weighted by atomic mass is 16.5. The molecule has 0 aliphatic heterocycles. The molecule has 0 radical (unpaired) electrons. The van der Waals surface area contributed by atoms with Crippen LogP contribution < -0.4 is 5.73 Å². The second-order valence-electron chi connectivity index (χ2n) is 1.24. The lowest BCUT2D eigenvalue weighted by Gasteiger charge is -2.06. The number of hydrogen-bond donors (Lipinski definition) is 3. The van der Waals surface area contributed by atoms with E-state index in [0.29, 0.717) is 0 Å². The third-order valence-electron chi connectivity index (χ3n) is 0.585. The van der Waals surface area contributed by atoms with Crippen molar-refractivity contribution in [1.82, 2.24) is 0 Å². The first-order chi connectivity index (χ1) is 4.80. The van der Waals surface area contributed by atoms with Crippen LogP contribution in [0, 0.1) is 0 Å². The predicted molar refractivity (Wildman–Crippen MR) is 27.3 cm³/mol. The number of rotatable bonds is 2. The fourth-order valence-corrected chi connectivity index (χ4v) is 0.127. The number of aliphatic carboxylic acids is 1. The van der Waals surface area contributed by atoms with Crippen molar-refractivity contribution in [2.45, 2.75) is 19.0 Å². The van der Waals surface area contributed by atoms with Crippen molar-refractivity contribution in [2.75, 3.05) is 0 Å². The highest BCUT2D eigenvalue weighted by Gasteiger charge is 2.16. The molecule has 0 fully saturated rings.